The van der Waals surface area contributed by atoms with E-state index in [1.807, 2.05) is 25.1 Å². The number of nitrogens with one attached hydrogen (secondary N) is 1. The van der Waals surface area contributed by atoms with Crippen LogP contribution in [0.3, 0.4) is 0 Å². The number of fused-ring (bicyclic) bond motifs is 1. The minimum Gasteiger partial charge on any atom is -0.353 e. The molecule has 0 saturated heterocycles. The van der Waals surface area contributed by atoms with Crippen LogP contribution in [0.25, 0.3) is 16.7 Å². The molecule has 7 heteroatoms. The van der Waals surface area contributed by atoms with Gasteiger partial charge >= 0.3 is 0 Å². The van der Waals surface area contributed by atoms with Crippen LogP contribution in [-0.4, -0.2) is 32.2 Å². The van der Waals surface area contributed by atoms with Crippen molar-refractivity contribution < 1.29 is 4.79 Å². The predicted molar refractivity (Wildman–Crippen MR) is 102 cm³/mol. The third kappa shape index (κ3) is 3.48. The van der Waals surface area contributed by atoms with E-state index in [2.05, 4.69) is 15.3 Å². The highest BCUT2D eigenvalue weighted by Crippen LogP contribution is 2.22. The number of rotatable bonds is 5. The van der Waals surface area contributed by atoms with Crippen LogP contribution in [0.15, 0.2) is 52.5 Å². The number of aryl methyl sites for hydroxylation is 1. The Morgan fingerprint density at radius 3 is 2.81 bits per heavy atom. The Labute approximate surface area is 154 Å². The van der Waals surface area contributed by atoms with Gasteiger partial charge in [-0.05, 0) is 43.5 Å². The average molecular weight is 366 g/mol. The number of para-hydroxylation sites is 1. The number of pyridine rings is 1. The van der Waals surface area contributed by atoms with Gasteiger partial charge in [0.15, 0.2) is 5.16 Å². The maximum atomic E-state index is 13.0. The third-order valence-electron chi connectivity index (χ3n) is 4.14. The molecule has 26 heavy (non-hydrogen) atoms. The van der Waals surface area contributed by atoms with Gasteiger partial charge in [-0.2, -0.15) is 0 Å². The number of benzene rings is 1. The number of carbonyl (C=O) groups excluding carboxylic acids is 1. The molecule has 3 aromatic rings. The first-order valence-electron chi connectivity index (χ1n) is 8.49. The Balaban J connectivity index is 1.75. The molecule has 1 fully saturated rings. The molecular weight excluding hydrogens is 348 g/mol. The van der Waals surface area contributed by atoms with Crippen molar-refractivity contribution in [2.24, 2.45) is 0 Å². The quantitative estimate of drug-likeness (QED) is 0.554. The molecule has 132 valence electrons. The smallest absolute Gasteiger partial charge is 0.267 e. The van der Waals surface area contributed by atoms with Gasteiger partial charge in [-0.25, -0.2) is 14.5 Å². The molecule has 0 aliphatic heterocycles. The fraction of sp³-hybridized carbons (Fsp3) is 0.263. The molecule has 2 heterocycles. The van der Waals surface area contributed by atoms with E-state index in [-0.39, 0.29) is 17.2 Å². The monoisotopic (exact) mass is 366 g/mol. The Morgan fingerprint density at radius 1 is 1.27 bits per heavy atom. The van der Waals surface area contributed by atoms with Crippen molar-refractivity contribution in [3.05, 3.63) is 58.5 Å². The average Bonchev–Trinajstić information content (AvgIpc) is 3.45. The fourth-order valence-corrected chi connectivity index (χ4v) is 3.44. The van der Waals surface area contributed by atoms with Crippen LogP contribution in [0.2, 0.25) is 0 Å². The molecule has 1 N–H and O–H groups in total. The lowest BCUT2D eigenvalue weighted by atomic mass is 10.2. The van der Waals surface area contributed by atoms with Crippen molar-refractivity contribution in [2.75, 3.05) is 5.75 Å². The van der Waals surface area contributed by atoms with E-state index in [1.165, 1.54) is 16.3 Å². The van der Waals surface area contributed by atoms with Gasteiger partial charge in [0, 0.05) is 12.2 Å². The van der Waals surface area contributed by atoms with Gasteiger partial charge in [0.05, 0.1) is 16.7 Å². The second kappa shape index (κ2) is 6.92. The van der Waals surface area contributed by atoms with Crippen LogP contribution in [0.5, 0.6) is 0 Å². The van der Waals surface area contributed by atoms with Crippen LogP contribution in [0.1, 0.15) is 18.4 Å². The molecule has 0 atom stereocenters. The van der Waals surface area contributed by atoms with E-state index in [0.717, 1.165) is 18.4 Å². The van der Waals surface area contributed by atoms with Crippen LogP contribution in [-0.2, 0) is 4.79 Å². The van der Waals surface area contributed by atoms with Crippen molar-refractivity contribution >= 4 is 28.6 Å². The summed E-state index contributed by atoms with van der Waals surface area (Å²) < 4.78 is 1.48. The van der Waals surface area contributed by atoms with Gasteiger partial charge in [-0.1, -0.05) is 30.0 Å². The first kappa shape index (κ1) is 16.8. The summed E-state index contributed by atoms with van der Waals surface area (Å²) >= 11 is 1.25. The lowest BCUT2D eigenvalue weighted by Gasteiger charge is -2.12. The van der Waals surface area contributed by atoms with E-state index in [9.17, 15) is 9.59 Å². The van der Waals surface area contributed by atoms with Crippen molar-refractivity contribution in [2.45, 2.75) is 31.0 Å². The number of amides is 1. The van der Waals surface area contributed by atoms with Crippen molar-refractivity contribution in [1.29, 1.82) is 0 Å². The lowest BCUT2D eigenvalue weighted by molar-refractivity contribution is -0.118. The van der Waals surface area contributed by atoms with E-state index < -0.39 is 0 Å². The number of thioether (sulfide) groups is 1. The highest BCUT2D eigenvalue weighted by molar-refractivity contribution is 7.99. The minimum atomic E-state index is -0.183. The van der Waals surface area contributed by atoms with E-state index in [0.29, 0.717) is 27.9 Å². The second-order valence-electron chi connectivity index (χ2n) is 6.38. The normalized spacial score (nSPS) is 13.7. The molecule has 0 radical (unpaired) electrons. The number of hydrogen-bond donors (Lipinski definition) is 1. The Hall–Kier alpha value is -2.67. The van der Waals surface area contributed by atoms with Crippen molar-refractivity contribution in [3.8, 4) is 5.82 Å². The Kier molecular flexibility index (Phi) is 4.46. The summed E-state index contributed by atoms with van der Waals surface area (Å²) in [4.78, 5) is 34.1. The summed E-state index contributed by atoms with van der Waals surface area (Å²) in [7, 11) is 0. The lowest BCUT2D eigenvalue weighted by Crippen LogP contribution is -2.28. The molecule has 0 spiro atoms. The molecular formula is C19H18N4O2S. The molecule has 1 aliphatic carbocycles. The summed E-state index contributed by atoms with van der Waals surface area (Å²) in [5.41, 5.74) is 1.44. The zero-order chi connectivity index (χ0) is 18.1. The second-order valence-corrected chi connectivity index (χ2v) is 7.32. The molecule has 1 amide bonds. The Morgan fingerprint density at radius 2 is 2.08 bits per heavy atom. The van der Waals surface area contributed by atoms with Gasteiger partial charge in [0.2, 0.25) is 5.91 Å². The predicted octanol–water partition coefficient (Wildman–Crippen LogP) is 2.46. The highest BCUT2D eigenvalue weighted by Gasteiger charge is 2.23. The SMILES string of the molecule is Cc1ccc(-n2c(SCC(=O)NC3CC3)nc3ccccc3c2=O)nc1. The van der Waals surface area contributed by atoms with Crippen LogP contribution < -0.4 is 10.9 Å². The van der Waals surface area contributed by atoms with Crippen LogP contribution in [0, 0.1) is 6.92 Å². The molecule has 6 nitrogen and oxygen atoms in total. The highest BCUT2D eigenvalue weighted by atomic mass is 32.2. The Bertz CT molecular complexity index is 1030. The standard InChI is InChI=1S/C19H18N4O2S/c1-12-6-9-16(20-10-12)23-18(25)14-4-2-3-5-15(14)22-19(23)26-11-17(24)21-13-7-8-13/h2-6,9-10,13H,7-8,11H2,1H3,(H,21,24). The molecule has 2 aromatic heterocycles. The third-order valence-corrected chi connectivity index (χ3v) is 5.08. The maximum absolute atomic E-state index is 13.0. The van der Waals surface area contributed by atoms with Gasteiger partial charge in [0.1, 0.15) is 5.82 Å². The van der Waals surface area contributed by atoms with Crippen molar-refractivity contribution in [1.82, 2.24) is 19.9 Å². The topological polar surface area (TPSA) is 76.9 Å². The molecule has 1 saturated carbocycles. The number of aromatic nitrogens is 3. The maximum Gasteiger partial charge on any atom is 0.267 e. The zero-order valence-corrected chi connectivity index (χ0v) is 15.1. The summed E-state index contributed by atoms with van der Waals surface area (Å²) in [6.07, 6.45) is 3.80. The summed E-state index contributed by atoms with van der Waals surface area (Å²) in [5.74, 6) is 0.680. The number of carbonyl (C=O) groups is 1. The number of nitrogens with zero attached hydrogens (tertiary/aromatic N) is 3. The van der Waals surface area contributed by atoms with Crippen LogP contribution in [0.4, 0.5) is 0 Å². The van der Waals surface area contributed by atoms with Crippen molar-refractivity contribution in [3.63, 3.8) is 0 Å². The van der Waals surface area contributed by atoms with Gasteiger partial charge in [-0.15, -0.1) is 0 Å². The first-order valence-corrected chi connectivity index (χ1v) is 9.47. The zero-order valence-electron chi connectivity index (χ0n) is 14.3. The van der Waals surface area contributed by atoms with E-state index >= 15 is 0 Å². The molecule has 0 unspecified atom stereocenters. The van der Waals surface area contributed by atoms with Crippen LogP contribution >= 0.6 is 11.8 Å². The van der Waals surface area contributed by atoms with Gasteiger partial charge in [-0.3, -0.25) is 9.59 Å². The molecule has 4 rings (SSSR count). The van der Waals surface area contributed by atoms with Gasteiger partial charge in [0.25, 0.3) is 5.56 Å². The summed E-state index contributed by atoms with van der Waals surface area (Å²) in [6, 6.07) is 11.2. The molecule has 1 aliphatic rings. The fourth-order valence-electron chi connectivity index (χ4n) is 2.63. The summed E-state index contributed by atoms with van der Waals surface area (Å²) in [6.45, 7) is 1.94. The van der Waals surface area contributed by atoms with E-state index in [1.54, 1.807) is 24.4 Å². The molecule has 0 bridgehead atoms. The largest absolute Gasteiger partial charge is 0.353 e. The number of hydrogen-bond acceptors (Lipinski definition) is 5. The van der Waals surface area contributed by atoms with Gasteiger partial charge < -0.3 is 5.32 Å². The minimum absolute atomic E-state index is 0.0386. The van der Waals surface area contributed by atoms with E-state index in [4.69, 9.17) is 0 Å². The summed E-state index contributed by atoms with van der Waals surface area (Å²) in [5, 5.41) is 3.95. The molecule has 1 aromatic carbocycles. The first-order chi connectivity index (χ1) is 12.6.